The Morgan fingerprint density at radius 1 is 1.15 bits per heavy atom. The minimum Gasteiger partial charge on any atom is -0.496 e. The molecule has 4 nitrogen and oxygen atoms in total. The molecule has 0 unspecified atom stereocenters. The Morgan fingerprint density at radius 3 is 2.81 bits per heavy atom. The molecule has 140 valence electrons. The fourth-order valence-electron chi connectivity index (χ4n) is 3.41. The molecule has 0 spiro atoms. The summed E-state index contributed by atoms with van der Waals surface area (Å²) in [6.45, 7) is 0.895. The van der Waals surface area contributed by atoms with Crippen molar-refractivity contribution in [3.8, 4) is 22.7 Å². The van der Waals surface area contributed by atoms with Gasteiger partial charge in [0.15, 0.2) is 0 Å². The number of ether oxygens (including phenoxy) is 1. The summed E-state index contributed by atoms with van der Waals surface area (Å²) < 4.78 is 8.44. The molecular formula is C20H18BrCl2N3O. The minimum atomic E-state index is 0.600. The zero-order chi connectivity index (χ0) is 19.0. The Kier molecular flexibility index (Phi) is 5.35. The van der Waals surface area contributed by atoms with Crippen molar-refractivity contribution >= 4 is 44.9 Å². The molecule has 3 aromatic rings. The van der Waals surface area contributed by atoms with E-state index in [-0.39, 0.29) is 0 Å². The van der Waals surface area contributed by atoms with Crippen LogP contribution in [0.25, 0.3) is 16.9 Å². The van der Waals surface area contributed by atoms with Crippen LogP contribution in [0.4, 0.5) is 5.82 Å². The average molecular weight is 467 g/mol. The molecule has 0 atom stereocenters. The lowest BCUT2D eigenvalue weighted by Gasteiger charge is -2.11. The standard InChI is InChI=1S/C20H18BrCl2N3O/c1-27-18-8-5-12(21)10-15(18)19-14-4-2-3-9-24-20(14)26(25-19)17-11-13(22)6-7-16(17)23/h5-8,10-11,24H,2-4,9H2,1H3. The van der Waals surface area contributed by atoms with Crippen LogP contribution in [-0.2, 0) is 6.42 Å². The number of hydrogen-bond donors (Lipinski definition) is 1. The van der Waals surface area contributed by atoms with E-state index in [4.69, 9.17) is 33.0 Å². The van der Waals surface area contributed by atoms with Gasteiger partial charge in [-0.15, -0.1) is 0 Å². The lowest BCUT2D eigenvalue weighted by Crippen LogP contribution is -2.07. The van der Waals surface area contributed by atoms with Crippen LogP contribution in [0.2, 0.25) is 10.0 Å². The van der Waals surface area contributed by atoms with Gasteiger partial charge in [0.2, 0.25) is 0 Å². The second-order valence-electron chi connectivity index (χ2n) is 6.41. The van der Waals surface area contributed by atoms with Crippen LogP contribution < -0.4 is 10.1 Å². The van der Waals surface area contributed by atoms with E-state index in [0.29, 0.717) is 10.0 Å². The highest BCUT2D eigenvalue weighted by molar-refractivity contribution is 9.10. The van der Waals surface area contributed by atoms with E-state index in [9.17, 15) is 0 Å². The fraction of sp³-hybridized carbons (Fsp3) is 0.250. The van der Waals surface area contributed by atoms with Gasteiger partial charge in [-0.2, -0.15) is 5.10 Å². The van der Waals surface area contributed by atoms with Gasteiger partial charge in [-0.3, -0.25) is 0 Å². The minimum absolute atomic E-state index is 0.600. The van der Waals surface area contributed by atoms with Gasteiger partial charge in [-0.25, -0.2) is 4.68 Å². The third-order valence-electron chi connectivity index (χ3n) is 4.68. The van der Waals surface area contributed by atoms with E-state index >= 15 is 0 Å². The highest BCUT2D eigenvalue weighted by atomic mass is 79.9. The molecule has 2 aromatic carbocycles. The first-order valence-corrected chi connectivity index (χ1v) is 10.3. The smallest absolute Gasteiger partial charge is 0.133 e. The third-order valence-corrected chi connectivity index (χ3v) is 5.73. The van der Waals surface area contributed by atoms with E-state index in [1.165, 1.54) is 5.56 Å². The molecule has 0 fully saturated rings. The van der Waals surface area contributed by atoms with E-state index < -0.39 is 0 Å². The predicted octanol–water partition coefficient (Wildman–Crippen LogP) is 6.37. The molecule has 0 amide bonds. The predicted molar refractivity (Wildman–Crippen MR) is 115 cm³/mol. The lowest BCUT2D eigenvalue weighted by molar-refractivity contribution is 0.416. The van der Waals surface area contributed by atoms with Crippen molar-refractivity contribution in [2.45, 2.75) is 19.3 Å². The Morgan fingerprint density at radius 2 is 2.00 bits per heavy atom. The van der Waals surface area contributed by atoms with Crippen LogP contribution >= 0.6 is 39.1 Å². The van der Waals surface area contributed by atoms with Gasteiger partial charge in [0.05, 0.1) is 17.8 Å². The van der Waals surface area contributed by atoms with Crippen LogP contribution in [0.15, 0.2) is 40.9 Å². The summed E-state index contributed by atoms with van der Waals surface area (Å²) in [4.78, 5) is 0. The number of anilines is 1. The van der Waals surface area contributed by atoms with Gasteiger partial charge in [0, 0.05) is 27.2 Å². The van der Waals surface area contributed by atoms with Crippen molar-refractivity contribution in [3.05, 3.63) is 56.5 Å². The second-order valence-corrected chi connectivity index (χ2v) is 8.17. The number of benzene rings is 2. The maximum atomic E-state index is 6.47. The van der Waals surface area contributed by atoms with E-state index in [1.807, 2.05) is 28.9 Å². The molecule has 2 heterocycles. The molecule has 0 saturated carbocycles. The van der Waals surface area contributed by atoms with Gasteiger partial charge >= 0.3 is 0 Å². The summed E-state index contributed by atoms with van der Waals surface area (Å²) in [7, 11) is 1.68. The molecule has 27 heavy (non-hydrogen) atoms. The zero-order valence-corrected chi connectivity index (χ0v) is 17.8. The van der Waals surface area contributed by atoms with Crippen molar-refractivity contribution in [3.63, 3.8) is 0 Å². The SMILES string of the molecule is COc1ccc(Br)cc1-c1nn(-c2cc(Cl)ccc2Cl)c2c1CCCCN2. The van der Waals surface area contributed by atoms with E-state index in [1.54, 1.807) is 19.2 Å². The molecule has 1 aliphatic heterocycles. The normalized spacial score (nSPS) is 13.6. The second kappa shape index (κ2) is 7.74. The van der Waals surface area contributed by atoms with Crippen LogP contribution in [0.1, 0.15) is 18.4 Å². The molecule has 0 saturated heterocycles. The first kappa shape index (κ1) is 18.7. The van der Waals surface area contributed by atoms with Crippen molar-refractivity contribution in [2.75, 3.05) is 19.0 Å². The molecule has 1 aliphatic rings. The largest absolute Gasteiger partial charge is 0.496 e. The quantitative estimate of drug-likeness (QED) is 0.487. The number of aromatic nitrogens is 2. The number of methoxy groups -OCH3 is 1. The molecule has 4 rings (SSSR count). The van der Waals surface area contributed by atoms with Crippen LogP contribution in [-0.4, -0.2) is 23.4 Å². The van der Waals surface area contributed by atoms with Gasteiger partial charge < -0.3 is 10.1 Å². The number of nitrogens with one attached hydrogen (secondary N) is 1. The molecule has 0 bridgehead atoms. The van der Waals surface area contributed by atoms with Crippen molar-refractivity contribution < 1.29 is 4.74 Å². The maximum absolute atomic E-state index is 6.47. The molecule has 0 aliphatic carbocycles. The Hall–Kier alpha value is -1.69. The highest BCUT2D eigenvalue weighted by Gasteiger charge is 2.24. The monoisotopic (exact) mass is 465 g/mol. The summed E-state index contributed by atoms with van der Waals surface area (Å²) >= 11 is 16.3. The Balaban J connectivity index is 1.98. The van der Waals surface area contributed by atoms with Gasteiger partial charge in [-0.05, 0) is 55.7 Å². The van der Waals surface area contributed by atoms with Crippen LogP contribution in [0.5, 0.6) is 5.75 Å². The number of nitrogens with zero attached hydrogens (tertiary/aromatic N) is 2. The van der Waals surface area contributed by atoms with Crippen molar-refractivity contribution in [1.29, 1.82) is 0 Å². The zero-order valence-electron chi connectivity index (χ0n) is 14.7. The molecule has 0 radical (unpaired) electrons. The summed E-state index contributed by atoms with van der Waals surface area (Å²) in [5.74, 6) is 1.75. The fourth-order valence-corrected chi connectivity index (χ4v) is 4.13. The Labute approximate surface area is 176 Å². The lowest BCUT2D eigenvalue weighted by atomic mass is 10.0. The van der Waals surface area contributed by atoms with Crippen molar-refractivity contribution in [1.82, 2.24) is 9.78 Å². The first-order chi connectivity index (χ1) is 13.1. The van der Waals surface area contributed by atoms with Gasteiger partial charge in [0.25, 0.3) is 0 Å². The summed E-state index contributed by atoms with van der Waals surface area (Å²) in [6, 6.07) is 11.4. The molecule has 7 heteroatoms. The topological polar surface area (TPSA) is 39.1 Å². The number of halogens is 3. The Bertz CT molecular complexity index is 1000. The van der Waals surface area contributed by atoms with E-state index in [2.05, 4.69) is 21.2 Å². The first-order valence-electron chi connectivity index (χ1n) is 8.73. The van der Waals surface area contributed by atoms with Gasteiger partial charge in [-0.1, -0.05) is 39.1 Å². The number of hydrogen-bond acceptors (Lipinski definition) is 3. The summed E-state index contributed by atoms with van der Waals surface area (Å²) in [5, 5.41) is 9.68. The van der Waals surface area contributed by atoms with Gasteiger partial charge in [0.1, 0.15) is 17.3 Å². The third kappa shape index (κ3) is 3.56. The number of rotatable bonds is 3. The molecule has 1 aromatic heterocycles. The molecule has 1 N–H and O–H groups in total. The maximum Gasteiger partial charge on any atom is 0.133 e. The highest BCUT2D eigenvalue weighted by Crippen LogP contribution is 2.40. The molecular weight excluding hydrogens is 449 g/mol. The average Bonchev–Trinajstić information content (AvgIpc) is 2.84. The number of fused-ring (bicyclic) bond motifs is 1. The summed E-state index contributed by atoms with van der Waals surface area (Å²) in [5.41, 5.74) is 3.77. The summed E-state index contributed by atoms with van der Waals surface area (Å²) in [6.07, 6.45) is 3.14. The van der Waals surface area contributed by atoms with Crippen molar-refractivity contribution in [2.24, 2.45) is 0 Å². The van der Waals surface area contributed by atoms with Crippen LogP contribution in [0.3, 0.4) is 0 Å². The van der Waals surface area contributed by atoms with Crippen LogP contribution in [0, 0.1) is 0 Å². The van der Waals surface area contributed by atoms with E-state index in [0.717, 1.165) is 58.8 Å².